The van der Waals surface area contributed by atoms with Gasteiger partial charge in [0.2, 0.25) is 0 Å². The van der Waals surface area contributed by atoms with E-state index < -0.39 is 6.10 Å². The standard InChI is InChI=1S/C11H16N2O2/c1-2-13-8-12-7-9(13)11(14)10-5-3-4-6-15-10/h5,7-8,11,14H,2-4,6H2,1H3. The van der Waals surface area contributed by atoms with Gasteiger partial charge in [0.05, 0.1) is 24.8 Å². The van der Waals surface area contributed by atoms with Gasteiger partial charge in [0.15, 0.2) is 6.10 Å². The first-order valence-corrected chi connectivity index (χ1v) is 5.34. The summed E-state index contributed by atoms with van der Waals surface area (Å²) in [5.41, 5.74) is 0.797. The van der Waals surface area contributed by atoms with Gasteiger partial charge in [0.1, 0.15) is 5.76 Å². The normalized spacial score (nSPS) is 18.1. The van der Waals surface area contributed by atoms with Gasteiger partial charge in [-0.1, -0.05) is 0 Å². The maximum Gasteiger partial charge on any atom is 0.152 e. The summed E-state index contributed by atoms with van der Waals surface area (Å²) >= 11 is 0. The number of imidazole rings is 1. The molecule has 4 nitrogen and oxygen atoms in total. The SMILES string of the molecule is CCn1cncc1C(O)C1=CCCCO1. The van der Waals surface area contributed by atoms with Crippen LogP contribution in [-0.2, 0) is 11.3 Å². The topological polar surface area (TPSA) is 47.3 Å². The first kappa shape index (κ1) is 10.2. The highest BCUT2D eigenvalue weighted by atomic mass is 16.5. The molecule has 0 saturated heterocycles. The lowest BCUT2D eigenvalue weighted by atomic mass is 10.1. The van der Waals surface area contributed by atoms with Crippen molar-refractivity contribution >= 4 is 0 Å². The van der Waals surface area contributed by atoms with Crippen molar-refractivity contribution in [3.8, 4) is 0 Å². The molecule has 0 spiro atoms. The second-order valence-corrected chi connectivity index (χ2v) is 3.60. The Balaban J connectivity index is 2.19. The Morgan fingerprint density at radius 1 is 1.67 bits per heavy atom. The number of aliphatic hydroxyl groups excluding tert-OH is 1. The van der Waals surface area contributed by atoms with Crippen molar-refractivity contribution in [2.75, 3.05) is 6.61 Å². The molecule has 1 aromatic rings. The van der Waals surface area contributed by atoms with E-state index in [-0.39, 0.29) is 0 Å². The van der Waals surface area contributed by atoms with Crippen molar-refractivity contribution in [3.05, 3.63) is 30.1 Å². The van der Waals surface area contributed by atoms with Crippen molar-refractivity contribution in [2.24, 2.45) is 0 Å². The van der Waals surface area contributed by atoms with E-state index in [9.17, 15) is 5.11 Å². The predicted octanol–water partition coefficient (Wildman–Crippen LogP) is 1.63. The fourth-order valence-corrected chi connectivity index (χ4v) is 1.74. The van der Waals surface area contributed by atoms with E-state index in [1.807, 2.05) is 17.6 Å². The molecule has 1 aliphatic heterocycles. The number of aryl methyl sites for hydroxylation is 1. The van der Waals surface area contributed by atoms with Gasteiger partial charge in [-0.15, -0.1) is 0 Å². The smallest absolute Gasteiger partial charge is 0.152 e. The molecule has 0 bridgehead atoms. The highest BCUT2D eigenvalue weighted by Crippen LogP contribution is 2.25. The first-order chi connectivity index (χ1) is 7.33. The monoisotopic (exact) mass is 208 g/mol. The second kappa shape index (κ2) is 4.49. The van der Waals surface area contributed by atoms with Crippen LogP contribution in [0.4, 0.5) is 0 Å². The molecule has 0 radical (unpaired) electrons. The summed E-state index contributed by atoms with van der Waals surface area (Å²) in [5, 5.41) is 10.1. The van der Waals surface area contributed by atoms with Crippen LogP contribution < -0.4 is 0 Å². The number of nitrogens with zero attached hydrogens (tertiary/aromatic N) is 2. The molecule has 0 amide bonds. The molecule has 1 aromatic heterocycles. The number of aliphatic hydroxyl groups is 1. The van der Waals surface area contributed by atoms with Crippen LogP contribution in [0.2, 0.25) is 0 Å². The third kappa shape index (κ3) is 2.04. The quantitative estimate of drug-likeness (QED) is 0.821. The molecule has 4 heteroatoms. The maximum absolute atomic E-state index is 10.1. The third-order valence-corrected chi connectivity index (χ3v) is 2.60. The number of ether oxygens (including phenoxy) is 1. The lowest BCUT2D eigenvalue weighted by Gasteiger charge is -2.20. The fraction of sp³-hybridized carbons (Fsp3) is 0.545. The minimum atomic E-state index is -0.673. The van der Waals surface area contributed by atoms with E-state index in [0.29, 0.717) is 12.4 Å². The van der Waals surface area contributed by atoms with Crippen LogP contribution in [0.1, 0.15) is 31.6 Å². The van der Waals surface area contributed by atoms with E-state index in [2.05, 4.69) is 4.98 Å². The van der Waals surface area contributed by atoms with Gasteiger partial charge in [-0.2, -0.15) is 0 Å². The second-order valence-electron chi connectivity index (χ2n) is 3.60. The number of aromatic nitrogens is 2. The van der Waals surface area contributed by atoms with Crippen LogP contribution in [0, 0.1) is 0 Å². The Hall–Kier alpha value is -1.29. The fourth-order valence-electron chi connectivity index (χ4n) is 1.74. The van der Waals surface area contributed by atoms with E-state index >= 15 is 0 Å². The zero-order valence-corrected chi connectivity index (χ0v) is 8.89. The van der Waals surface area contributed by atoms with Crippen LogP contribution in [0.3, 0.4) is 0 Å². The van der Waals surface area contributed by atoms with Gasteiger partial charge in [0.25, 0.3) is 0 Å². The Morgan fingerprint density at radius 2 is 2.53 bits per heavy atom. The van der Waals surface area contributed by atoms with Crippen LogP contribution in [0.15, 0.2) is 24.4 Å². The molecule has 0 aliphatic carbocycles. The number of hydrogen-bond acceptors (Lipinski definition) is 3. The van der Waals surface area contributed by atoms with E-state index in [1.165, 1.54) is 0 Å². The molecule has 0 aromatic carbocycles. The minimum absolute atomic E-state index is 0.663. The van der Waals surface area contributed by atoms with Crippen LogP contribution in [-0.4, -0.2) is 21.3 Å². The van der Waals surface area contributed by atoms with Crippen molar-refractivity contribution in [1.82, 2.24) is 9.55 Å². The van der Waals surface area contributed by atoms with Gasteiger partial charge in [-0.3, -0.25) is 0 Å². The molecule has 1 unspecified atom stereocenters. The highest BCUT2D eigenvalue weighted by molar-refractivity contribution is 5.15. The lowest BCUT2D eigenvalue weighted by molar-refractivity contribution is 0.0874. The van der Waals surface area contributed by atoms with E-state index in [1.54, 1.807) is 12.5 Å². The van der Waals surface area contributed by atoms with Crippen molar-refractivity contribution < 1.29 is 9.84 Å². The molecule has 0 saturated carbocycles. The molecular weight excluding hydrogens is 192 g/mol. The van der Waals surface area contributed by atoms with Crippen molar-refractivity contribution in [3.63, 3.8) is 0 Å². The zero-order valence-electron chi connectivity index (χ0n) is 8.89. The molecule has 2 heterocycles. The van der Waals surface area contributed by atoms with Gasteiger partial charge in [-0.25, -0.2) is 4.98 Å². The average Bonchev–Trinajstić information content (AvgIpc) is 2.77. The summed E-state index contributed by atoms with van der Waals surface area (Å²) < 4.78 is 7.35. The lowest BCUT2D eigenvalue weighted by Crippen LogP contribution is -2.13. The molecule has 2 rings (SSSR count). The maximum atomic E-state index is 10.1. The summed E-state index contributed by atoms with van der Waals surface area (Å²) in [4.78, 5) is 4.03. The average molecular weight is 208 g/mol. The van der Waals surface area contributed by atoms with Gasteiger partial charge >= 0.3 is 0 Å². The number of rotatable bonds is 3. The number of hydrogen-bond donors (Lipinski definition) is 1. The Labute approximate surface area is 89.2 Å². The van der Waals surface area contributed by atoms with Crippen molar-refractivity contribution in [1.29, 1.82) is 0 Å². The van der Waals surface area contributed by atoms with E-state index in [4.69, 9.17) is 4.74 Å². The minimum Gasteiger partial charge on any atom is -0.495 e. The van der Waals surface area contributed by atoms with Crippen molar-refractivity contribution in [2.45, 2.75) is 32.4 Å². The zero-order chi connectivity index (χ0) is 10.7. The molecular formula is C11H16N2O2. The molecule has 1 N–H and O–H groups in total. The summed E-state index contributed by atoms with van der Waals surface area (Å²) in [6.45, 7) is 3.52. The molecule has 1 atom stereocenters. The Morgan fingerprint density at radius 3 is 3.20 bits per heavy atom. The number of allylic oxidation sites excluding steroid dienone is 1. The van der Waals surface area contributed by atoms with E-state index in [0.717, 1.165) is 25.1 Å². The highest BCUT2D eigenvalue weighted by Gasteiger charge is 2.19. The predicted molar refractivity (Wildman–Crippen MR) is 56.1 cm³/mol. The largest absolute Gasteiger partial charge is 0.495 e. The van der Waals surface area contributed by atoms with Gasteiger partial charge in [0, 0.05) is 6.54 Å². The Kier molecular flexibility index (Phi) is 3.06. The van der Waals surface area contributed by atoms with Crippen LogP contribution >= 0.6 is 0 Å². The van der Waals surface area contributed by atoms with Gasteiger partial charge < -0.3 is 14.4 Å². The summed E-state index contributed by atoms with van der Waals surface area (Å²) in [7, 11) is 0. The van der Waals surface area contributed by atoms with Crippen LogP contribution in [0.25, 0.3) is 0 Å². The summed E-state index contributed by atoms with van der Waals surface area (Å²) in [5.74, 6) is 0.663. The molecule has 82 valence electrons. The van der Waals surface area contributed by atoms with Crippen LogP contribution in [0.5, 0.6) is 0 Å². The molecule has 1 aliphatic rings. The molecule has 15 heavy (non-hydrogen) atoms. The summed E-state index contributed by atoms with van der Waals surface area (Å²) in [6.07, 6.45) is 6.71. The molecule has 0 fully saturated rings. The summed E-state index contributed by atoms with van der Waals surface area (Å²) in [6, 6.07) is 0. The van der Waals surface area contributed by atoms with Gasteiger partial charge in [-0.05, 0) is 25.8 Å². The first-order valence-electron chi connectivity index (χ1n) is 5.34. The Bertz CT molecular complexity index is 357. The third-order valence-electron chi connectivity index (χ3n) is 2.60.